The molecular formula is C24H20N4O5. The van der Waals surface area contributed by atoms with Crippen molar-refractivity contribution < 1.29 is 19.2 Å². The van der Waals surface area contributed by atoms with Gasteiger partial charge in [-0.25, -0.2) is 4.79 Å². The highest BCUT2D eigenvalue weighted by Gasteiger charge is 2.21. The number of nitrogens with one attached hydrogen (secondary N) is 1. The van der Waals surface area contributed by atoms with E-state index in [9.17, 15) is 25.0 Å². The number of carbonyl (C=O) groups is 2. The van der Waals surface area contributed by atoms with Crippen LogP contribution in [0.15, 0.2) is 60.7 Å². The van der Waals surface area contributed by atoms with E-state index in [2.05, 4.69) is 11.4 Å². The van der Waals surface area contributed by atoms with E-state index in [4.69, 9.17) is 4.74 Å². The van der Waals surface area contributed by atoms with Gasteiger partial charge in [-0.15, -0.1) is 0 Å². The summed E-state index contributed by atoms with van der Waals surface area (Å²) in [5.74, 6) is -1.18. The fourth-order valence-corrected chi connectivity index (χ4v) is 3.27. The first-order valence-corrected chi connectivity index (χ1v) is 9.89. The summed E-state index contributed by atoms with van der Waals surface area (Å²) in [4.78, 5) is 35.0. The van der Waals surface area contributed by atoms with E-state index in [-0.39, 0.29) is 17.1 Å². The first-order valence-electron chi connectivity index (χ1n) is 9.89. The van der Waals surface area contributed by atoms with Crippen LogP contribution >= 0.6 is 0 Å². The van der Waals surface area contributed by atoms with E-state index in [1.807, 2.05) is 37.3 Å². The van der Waals surface area contributed by atoms with E-state index in [0.29, 0.717) is 5.56 Å². The maximum atomic E-state index is 12.5. The number of amides is 1. The number of benzene rings is 2. The van der Waals surface area contributed by atoms with Gasteiger partial charge in [-0.05, 0) is 43.7 Å². The maximum absolute atomic E-state index is 12.5. The van der Waals surface area contributed by atoms with Gasteiger partial charge in [0.25, 0.3) is 11.6 Å². The van der Waals surface area contributed by atoms with Crippen molar-refractivity contribution in [2.45, 2.75) is 13.8 Å². The molecular weight excluding hydrogens is 424 g/mol. The molecule has 0 saturated heterocycles. The van der Waals surface area contributed by atoms with Crippen molar-refractivity contribution in [2.24, 2.45) is 0 Å². The van der Waals surface area contributed by atoms with Gasteiger partial charge in [-0.3, -0.25) is 19.5 Å². The molecule has 0 saturated carbocycles. The molecule has 0 aliphatic heterocycles. The van der Waals surface area contributed by atoms with Crippen molar-refractivity contribution in [3.63, 3.8) is 0 Å². The summed E-state index contributed by atoms with van der Waals surface area (Å²) in [6.07, 6.45) is 2.26. The number of aromatic nitrogens is 1. The highest BCUT2D eigenvalue weighted by molar-refractivity contribution is 5.95. The molecule has 0 aliphatic carbocycles. The van der Waals surface area contributed by atoms with Gasteiger partial charge < -0.3 is 10.1 Å². The van der Waals surface area contributed by atoms with Gasteiger partial charge in [0, 0.05) is 23.5 Å². The van der Waals surface area contributed by atoms with Crippen molar-refractivity contribution in [3.8, 4) is 11.8 Å². The van der Waals surface area contributed by atoms with Crippen molar-refractivity contribution >= 4 is 29.5 Å². The Bertz CT molecular complexity index is 1290. The molecule has 166 valence electrons. The fraction of sp³-hybridized carbons (Fsp3) is 0.125. The van der Waals surface area contributed by atoms with Crippen LogP contribution in [0.1, 0.15) is 22.4 Å². The molecule has 9 nitrogen and oxygen atoms in total. The predicted molar refractivity (Wildman–Crippen MR) is 122 cm³/mol. The summed E-state index contributed by atoms with van der Waals surface area (Å²) in [5.41, 5.74) is 2.66. The van der Waals surface area contributed by atoms with Crippen LogP contribution in [0.25, 0.3) is 11.8 Å². The molecule has 1 aromatic heterocycles. The van der Waals surface area contributed by atoms with Crippen LogP contribution in [0.5, 0.6) is 0 Å². The molecule has 1 heterocycles. The van der Waals surface area contributed by atoms with Crippen molar-refractivity contribution in [1.29, 1.82) is 5.26 Å². The lowest BCUT2D eigenvalue weighted by Gasteiger charge is -2.13. The molecule has 0 aliphatic rings. The minimum Gasteiger partial charge on any atom is -0.452 e. The summed E-state index contributed by atoms with van der Waals surface area (Å²) in [7, 11) is 0. The first kappa shape index (κ1) is 23.0. The maximum Gasteiger partial charge on any atom is 0.331 e. The lowest BCUT2D eigenvalue weighted by molar-refractivity contribution is -0.385. The Hall–Kier alpha value is -4.71. The molecule has 9 heteroatoms. The number of rotatable bonds is 7. The van der Waals surface area contributed by atoms with E-state index >= 15 is 0 Å². The number of nitrogens with zero attached hydrogens (tertiary/aromatic N) is 3. The summed E-state index contributed by atoms with van der Waals surface area (Å²) in [5, 5.41) is 23.3. The number of nitro groups is 1. The normalized spacial score (nSPS) is 10.6. The average molecular weight is 444 g/mol. The Kier molecular flexibility index (Phi) is 7.00. The molecule has 0 radical (unpaired) electrons. The van der Waals surface area contributed by atoms with Crippen LogP contribution < -0.4 is 5.32 Å². The minimum absolute atomic E-state index is 0.157. The monoisotopic (exact) mass is 444 g/mol. The zero-order valence-corrected chi connectivity index (χ0v) is 17.9. The van der Waals surface area contributed by atoms with Gasteiger partial charge in [0.05, 0.1) is 16.1 Å². The molecule has 1 amide bonds. The Morgan fingerprint density at radius 1 is 1.15 bits per heavy atom. The zero-order valence-electron chi connectivity index (χ0n) is 17.9. The lowest BCUT2D eigenvalue weighted by Crippen LogP contribution is -2.22. The number of anilines is 1. The number of esters is 1. The Balaban J connectivity index is 1.72. The molecule has 0 atom stereocenters. The number of carbonyl (C=O) groups excluding carboxylic acids is 2. The van der Waals surface area contributed by atoms with E-state index < -0.39 is 23.4 Å². The Morgan fingerprint density at radius 2 is 1.82 bits per heavy atom. The van der Waals surface area contributed by atoms with Gasteiger partial charge in [-0.1, -0.05) is 30.3 Å². The number of ether oxygens (including phenoxy) is 1. The first-order chi connectivity index (χ1) is 15.8. The largest absolute Gasteiger partial charge is 0.452 e. The van der Waals surface area contributed by atoms with Crippen LogP contribution in [0.3, 0.4) is 0 Å². The predicted octanol–water partition coefficient (Wildman–Crippen LogP) is 4.07. The van der Waals surface area contributed by atoms with Crippen LogP contribution in [0.2, 0.25) is 0 Å². The Labute approximate surface area is 189 Å². The highest BCUT2D eigenvalue weighted by atomic mass is 16.6. The topological polar surface area (TPSA) is 127 Å². The average Bonchev–Trinajstić information content (AvgIpc) is 3.05. The highest BCUT2D eigenvalue weighted by Crippen LogP contribution is 2.29. The molecule has 0 bridgehead atoms. The molecule has 3 rings (SSSR count). The summed E-state index contributed by atoms with van der Waals surface area (Å²) >= 11 is 0. The fourth-order valence-electron chi connectivity index (χ4n) is 3.27. The standard InChI is InChI=1S/C24H20N4O5/c1-16-17(2)27(19-9-4-3-5-10-19)24(20(16)14-25)26-22(29)15-33-23(30)13-12-18-8-6-7-11-21(18)28(31)32/h3-13H,15H2,1-2H3,(H,26,29)/b13-12+. The molecule has 1 N–H and O–H groups in total. The second kappa shape index (κ2) is 10.1. The minimum atomic E-state index is -0.838. The van der Waals surface area contributed by atoms with Gasteiger partial charge >= 0.3 is 5.97 Å². The van der Waals surface area contributed by atoms with Crippen molar-refractivity contribution in [3.05, 3.63) is 93.2 Å². The second-order valence-electron chi connectivity index (χ2n) is 7.02. The molecule has 3 aromatic rings. The number of para-hydroxylation sites is 2. The summed E-state index contributed by atoms with van der Waals surface area (Å²) < 4.78 is 6.71. The molecule has 0 fully saturated rings. The van der Waals surface area contributed by atoms with Gasteiger partial charge in [0.15, 0.2) is 6.61 Å². The van der Waals surface area contributed by atoms with Gasteiger partial charge in [0.1, 0.15) is 11.9 Å². The van der Waals surface area contributed by atoms with Crippen LogP contribution in [0, 0.1) is 35.3 Å². The number of nitro benzene ring substituents is 1. The van der Waals surface area contributed by atoms with Crippen LogP contribution in [-0.2, 0) is 14.3 Å². The second-order valence-corrected chi connectivity index (χ2v) is 7.02. The molecule has 2 aromatic carbocycles. The summed E-state index contributed by atoms with van der Waals surface area (Å²) in [6, 6.07) is 17.3. The van der Waals surface area contributed by atoms with E-state index in [1.165, 1.54) is 24.3 Å². The third-order valence-electron chi connectivity index (χ3n) is 4.98. The van der Waals surface area contributed by atoms with Crippen LogP contribution in [-0.4, -0.2) is 28.0 Å². The van der Waals surface area contributed by atoms with Gasteiger partial charge in [0.2, 0.25) is 0 Å². The zero-order chi connectivity index (χ0) is 24.0. The third kappa shape index (κ3) is 5.14. The molecule has 33 heavy (non-hydrogen) atoms. The quantitative estimate of drug-likeness (QED) is 0.253. The van der Waals surface area contributed by atoms with Crippen molar-refractivity contribution in [1.82, 2.24) is 4.57 Å². The molecule has 0 unspecified atom stereocenters. The lowest BCUT2D eigenvalue weighted by atomic mass is 10.1. The van der Waals surface area contributed by atoms with E-state index in [1.54, 1.807) is 17.6 Å². The van der Waals surface area contributed by atoms with Crippen molar-refractivity contribution in [2.75, 3.05) is 11.9 Å². The SMILES string of the molecule is Cc1c(C#N)c(NC(=O)COC(=O)/C=C/c2ccccc2[N+](=O)[O-])n(-c2ccccc2)c1C. The van der Waals surface area contributed by atoms with Crippen LogP contribution in [0.4, 0.5) is 11.5 Å². The van der Waals surface area contributed by atoms with Gasteiger partial charge in [-0.2, -0.15) is 5.26 Å². The number of nitriles is 1. The third-order valence-corrected chi connectivity index (χ3v) is 4.98. The summed E-state index contributed by atoms with van der Waals surface area (Å²) in [6.45, 7) is 3.03. The van der Waals surface area contributed by atoms with E-state index in [0.717, 1.165) is 23.0 Å². The Morgan fingerprint density at radius 3 is 2.48 bits per heavy atom. The number of hydrogen-bond donors (Lipinski definition) is 1. The number of hydrogen-bond acceptors (Lipinski definition) is 6. The smallest absolute Gasteiger partial charge is 0.331 e. The molecule has 0 spiro atoms.